The molecule has 1 unspecified atom stereocenters. The summed E-state index contributed by atoms with van der Waals surface area (Å²) in [6.45, 7) is 4.81. The molecule has 3 aliphatic rings. The zero-order valence-electron chi connectivity index (χ0n) is 22.8. The topological polar surface area (TPSA) is 85.3 Å². The number of carboxylic acid groups (broad SMARTS) is 1. The fourth-order valence-corrected chi connectivity index (χ4v) is 7.39. The molecule has 0 amide bonds. The average Bonchev–Trinajstić information content (AvgIpc) is 3.63. The summed E-state index contributed by atoms with van der Waals surface area (Å²) in [5, 5.41) is 18.0. The highest BCUT2D eigenvalue weighted by atomic mass is 16.4. The number of piperidine rings is 1. The van der Waals surface area contributed by atoms with E-state index in [4.69, 9.17) is 4.98 Å². The van der Waals surface area contributed by atoms with Gasteiger partial charge in [-0.1, -0.05) is 79.9 Å². The van der Waals surface area contributed by atoms with Crippen LogP contribution in [0.1, 0.15) is 68.2 Å². The van der Waals surface area contributed by atoms with Gasteiger partial charge in [0.1, 0.15) is 11.9 Å². The van der Waals surface area contributed by atoms with Gasteiger partial charge in [-0.15, -0.1) is 0 Å². The lowest BCUT2D eigenvalue weighted by atomic mass is 9.83. The molecule has 1 aromatic heterocycles. The van der Waals surface area contributed by atoms with E-state index in [1.165, 1.54) is 24.8 Å². The number of carbonyl (C=O) groups is 1. The third kappa shape index (κ3) is 5.94. The highest BCUT2D eigenvalue weighted by Gasteiger charge is 2.43. The number of nitrogens with zero attached hydrogens (tertiary/aromatic N) is 4. The first kappa shape index (κ1) is 26.2. The van der Waals surface area contributed by atoms with Crippen molar-refractivity contribution in [3.63, 3.8) is 0 Å². The fourth-order valence-electron chi connectivity index (χ4n) is 7.39. The second-order valence-electron chi connectivity index (χ2n) is 11.9. The molecule has 3 fully saturated rings. The maximum atomic E-state index is 12.5. The number of hydrogen-bond donors (Lipinski definition) is 2. The van der Waals surface area contributed by atoms with E-state index in [0.29, 0.717) is 17.8 Å². The molecule has 7 nitrogen and oxygen atoms in total. The Morgan fingerprint density at radius 1 is 0.923 bits per heavy atom. The van der Waals surface area contributed by atoms with E-state index in [0.717, 1.165) is 75.6 Å². The minimum Gasteiger partial charge on any atom is -0.480 e. The zero-order chi connectivity index (χ0) is 26.6. The fraction of sp³-hybridized carbons (Fsp3) is 0.531. The van der Waals surface area contributed by atoms with Crippen molar-refractivity contribution in [2.24, 2.45) is 11.8 Å². The smallest absolute Gasteiger partial charge is 0.321 e. The van der Waals surface area contributed by atoms with E-state index in [-0.39, 0.29) is 12.0 Å². The van der Waals surface area contributed by atoms with E-state index in [1.54, 1.807) is 0 Å². The van der Waals surface area contributed by atoms with Gasteiger partial charge in [0.05, 0.1) is 0 Å². The number of carboxylic acids is 1. The summed E-state index contributed by atoms with van der Waals surface area (Å²) in [4.78, 5) is 22.3. The van der Waals surface area contributed by atoms with Gasteiger partial charge in [0.25, 0.3) is 0 Å². The lowest BCUT2D eigenvalue weighted by Crippen LogP contribution is -2.46. The van der Waals surface area contributed by atoms with E-state index < -0.39 is 5.97 Å². The summed E-state index contributed by atoms with van der Waals surface area (Å²) in [5.41, 5.74) is 2.39. The number of aromatic nitrogens is 3. The van der Waals surface area contributed by atoms with Crippen LogP contribution in [0.15, 0.2) is 60.7 Å². The first-order valence-corrected chi connectivity index (χ1v) is 14.9. The Labute approximate surface area is 231 Å². The van der Waals surface area contributed by atoms with Crippen LogP contribution in [0.3, 0.4) is 0 Å². The lowest BCUT2D eigenvalue weighted by molar-refractivity contribution is -0.145. The average molecular weight is 528 g/mol. The summed E-state index contributed by atoms with van der Waals surface area (Å²) >= 11 is 0. The van der Waals surface area contributed by atoms with Crippen LogP contribution in [0.4, 0.5) is 0 Å². The monoisotopic (exact) mass is 527 g/mol. The van der Waals surface area contributed by atoms with Crippen LogP contribution < -0.4 is 0 Å². The molecule has 1 saturated carbocycles. The molecule has 206 valence electrons. The lowest BCUT2D eigenvalue weighted by Gasteiger charge is -2.35. The number of aromatic amines is 1. The molecule has 7 heteroatoms. The van der Waals surface area contributed by atoms with Gasteiger partial charge in [-0.05, 0) is 56.2 Å². The normalized spacial score (nSPS) is 24.6. The minimum atomic E-state index is -0.628. The molecular formula is C32H41N5O2. The molecule has 6 rings (SSSR count). The molecule has 1 aliphatic carbocycles. The van der Waals surface area contributed by atoms with Gasteiger partial charge in [-0.3, -0.25) is 14.8 Å². The Hall–Kier alpha value is -3.03. The SMILES string of the molecule is O=C(O)[C@@H](C1CCCCC1)N1CC(c2ccccc2)[C@@H](CN2CCC(c3nc(-c4ccccc4)n[nH]3)CC2)C1. The summed E-state index contributed by atoms with van der Waals surface area (Å²) in [7, 11) is 0. The number of H-pyrrole nitrogens is 1. The predicted octanol–water partition coefficient (Wildman–Crippen LogP) is 5.40. The van der Waals surface area contributed by atoms with Crippen LogP contribution in [-0.2, 0) is 4.79 Å². The van der Waals surface area contributed by atoms with Gasteiger partial charge in [0.15, 0.2) is 5.82 Å². The predicted molar refractivity (Wildman–Crippen MR) is 152 cm³/mol. The van der Waals surface area contributed by atoms with Crippen LogP contribution in [0.25, 0.3) is 11.4 Å². The first-order valence-electron chi connectivity index (χ1n) is 14.9. The van der Waals surface area contributed by atoms with E-state index in [1.807, 2.05) is 30.3 Å². The van der Waals surface area contributed by atoms with Gasteiger partial charge < -0.3 is 10.0 Å². The number of likely N-dealkylation sites (tertiary alicyclic amines) is 2. The summed E-state index contributed by atoms with van der Waals surface area (Å²) in [6, 6.07) is 20.6. The van der Waals surface area contributed by atoms with Crippen molar-refractivity contribution in [1.29, 1.82) is 0 Å². The van der Waals surface area contributed by atoms with E-state index in [2.05, 4.69) is 50.3 Å². The minimum absolute atomic E-state index is 0.282. The molecular weight excluding hydrogens is 486 g/mol. The molecule has 0 spiro atoms. The number of hydrogen-bond acceptors (Lipinski definition) is 5. The second kappa shape index (κ2) is 12.0. The van der Waals surface area contributed by atoms with Crippen LogP contribution in [0, 0.1) is 11.8 Å². The summed E-state index contributed by atoms with van der Waals surface area (Å²) in [6.07, 6.45) is 7.81. The molecule has 2 aliphatic heterocycles. The number of aliphatic carboxylic acids is 1. The molecule has 0 radical (unpaired) electrons. The molecule has 3 heterocycles. The standard InChI is InChI=1S/C32H41N5O2/c38-32(39)29(24-12-6-2-7-13-24)37-21-27(28(22-37)23-10-4-1-5-11-23)20-36-18-16-26(17-19-36)31-33-30(34-35-31)25-14-8-3-9-15-25/h1,3-5,8-11,14-15,24,26-29H,2,6-7,12-13,16-22H2,(H,38,39)(H,33,34,35)/t27-,28?,29+/m0/s1. The molecule has 0 bridgehead atoms. The maximum absolute atomic E-state index is 12.5. The van der Waals surface area contributed by atoms with Crippen molar-refractivity contribution < 1.29 is 9.90 Å². The summed E-state index contributed by atoms with van der Waals surface area (Å²) in [5.74, 6) is 2.64. The highest BCUT2D eigenvalue weighted by Crippen LogP contribution is 2.39. The van der Waals surface area contributed by atoms with Crippen molar-refractivity contribution >= 4 is 5.97 Å². The molecule has 39 heavy (non-hydrogen) atoms. The van der Waals surface area contributed by atoms with Gasteiger partial charge >= 0.3 is 5.97 Å². The second-order valence-corrected chi connectivity index (χ2v) is 11.9. The van der Waals surface area contributed by atoms with E-state index in [9.17, 15) is 9.90 Å². The largest absolute Gasteiger partial charge is 0.480 e. The van der Waals surface area contributed by atoms with Crippen LogP contribution in [-0.4, -0.2) is 74.8 Å². The first-order chi connectivity index (χ1) is 19.2. The van der Waals surface area contributed by atoms with Gasteiger partial charge in [0.2, 0.25) is 0 Å². The Morgan fingerprint density at radius 2 is 1.62 bits per heavy atom. The van der Waals surface area contributed by atoms with Crippen molar-refractivity contribution in [2.45, 2.75) is 62.8 Å². The summed E-state index contributed by atoms with van der Waals surface area (Å²) < 4.78 is 0. The quantitative estimate of drug-likeness (QED) is 0.408. The Morgan fingerprint density at radius 3 is 2.31 bits per heavy atom. The van der Waals surface area contributed by atoms with Crippen molar-refractivity contribution in [3.8, 4) is 11.4 Å². The van der Waals surface area contributed by atoms with Crippen molar-refractivity contribution in [3.05, 3.63) is 72.1 Å². The highest BCUT2D eigenvalue weighted by molar-refractivity contribution is 5.74. The van der Waals surface area contributed by atoms with Gasteiger partial charge in [0, 0.05) is 37.0 Å². The maximum Gasteiger partial charge on any atom is 0.321 e. The molecule has 3 atom stereocenters. The van der Waals surface area contributed by atoms with Crippen LogP contribution in [0.2, 0.25) is 0 Å². The molecule has 3 aromatic rings. The number of rotatable bonds is 8. The van der Waals surface area contributed by atoms with Crippen molar-refractivity contribution in [1.82, 2.24) is 25.0 Å². The molecule has 2 saturated heterocycles. The van der Waals surface area contributed by atoms with Gasteiger partial charge in [-0.2, -0.15) is 5.10 Å². The Kier molecular flexibility index (Phi) is 8.07. The Bertz CT molecular complexity index is 1200. The molecule has 2 aromatic carbocycles. The Balaban J connectivity index is 1.12. The zero-order valence-corrected chi connectivity index (χ0v) is 22.8. The van der Waals surface area contributed by atoms with Gasteiger partial charge in [-0.25, -0.2) is 4.98 Å². The van der Waals surface area contributed by atoms with Crippen LogP contribution >= 0.6 is 0 Å². The molecule has 2 N–H and O–H groups in total. The van der Waals surface area contributed by atoms with E-state index >= 15 is 0 Å². The van der Waals surface area contributed by atoms with Crippen LogP contribution in [0.5, 0.6) is 0 Å². The van der Waals surface area contributed by atoms with Crippen molar-refractivity contribution in [2.75, 3.05) is 32.7 Å². The third-order valence-corrected chi connectivity index (χ3v) is 9.44. The number of benzene rings is 2. The third-order valence-electron chi connectivity index (χ3n) is 9.44. The number of nitrogens with one attached hydrogen (secondary N) is 1.